The molecule has 8 heteroatoms. The van der Waals surface area contributed by atoms with Crippen LogP contribution in [0.3, 0.4) is 0 Å². The molecule has 0 aliphatic carbocycles. The zero-order chi connectivity index (χ0) is 18.3. The molecule has 1 saturated heterocycles. The van der Waals surface area contributed by atoms with E-state index in [0.717, 1.165) is 31.4 Å². The molecule has 1 aliphatic heterocycles. The normalized spacial score (nSPS) is 15.5. The van der Waals surface area contributed by atoms with Gasteiger partial charge in [0.05, 0.1) is 11.0 Å². The summed E-state index contributed by atoms with van der Waals surface area (Å²) in [5, 5.41) is 0. The fraction of sp³-hybridized carbons (Fsp3) is 0.333. The minimum atomic E-state index is -0.531. The first-order chi connectivity index (χ1) is 12.6. The molecule has 2 aromatic heterocycles. The lowest BCUT2D eigenvalue weighted by Gasteiger charge is -2.33. The van der Waals surface area contributed by atoms with E-state index < -0.39 is 11.1 Å². The molecule has 0 unspecified atom stereocenters. The fourth-order valence-corrected chi connectivity index (χ4v) is 3.62. The molecule has 8 nitrogen and oxygen atoms in total. The lowest BCUT2D eigenvalue weighted by atomic mass is 10.0. The molecule has 26 heavy (non-hydrogen) atoms. The number of aromatic nitrogens is 4. The summed E-state index contributed by atoms with van der Waals surface area (Å²) < 4.78 is 3.01. The smallest absolute Gasteiger partial charge is 0.317 e. The highest BCUT2D eigenvalue weighted by Crippen LogP contribution is 2.26. The van der Waals surface area contributed by atoms with Crippen LogP contribution in [0.15, 0.2) is 46.2 Å². The van der Waals surface area contributed by atoms with Gasteiger partial charge in [-0.3, -0.25) is 14.2 Å². The molecule has 3 aromatic rings. The van der Waals surface area contributed by atoms with Crippen LogP contribution in [0.25, 0.3) is 11.0 Å². The predicted molar refractivity (Wildman–Crippen MR) is 100 cm³/mol. The molecule has 1 aliphatic rings. The van der Waals surface area contributed by atoms with Crippen molar-refractivity contribution in [3.8, 4) is 0 Å². The number of nitrogen functional groups attached to an aromatic ring is 1. The van der Waals surface area contributed by atoms with E-state index in [0.29, 0.717) is 17.2 Å². The lowest BCUT2D eigenvalue weighted by molar-refractivity contribution is 0.391. The highest BCUT2D eigenvalue weighted by atomic mass is 16.2. The molecule has 134 valence electrons. The molecule has 4 rings (SSSR count). The Hall–Kier alpha value is -3.16. The van der Waals surface area contributed by atoms with Gasteiger partial charge in [-0.2, -0.15) is 0 Å². The summed E-state index contributed by atoms with van der Waals surface area (Å²) >= 11 is 0. The zero-order valence-electron chi connectivity index (χ0n) is 14.5. The minimum absolute atomic E-state index is 0.0394. The van der Waals surface area contributed by atoms with Crippen molar-refractivity contribution in [1.29, 1.82) is 0 Å². The largest absolute Gasteiger partial charge is 0.399 e. The number of fused-ring (bicyclic) bond motifs is 1. The Morgan fingerprint density at radius 3 is 2.42 bits per heavy atom. The van der Waals surface area contributed by atoms with Gasteiger partial charge in [0, 0.05) is 44.3 Å². The second-order valence-corrected chi connectivity index (χ2v) is 6.55. The maximum Gasteiger partial charge on any atom is 0.317 e. The maximum atomic E-state index is 12.7. The van der Waals surface area contributed by atoms with Gasteiger partial charge in [0.1, 0.15) is 0 Å². The van der Waals surface area contributed by atoms with Crippen LogP contribution in [-0.2, 0) is 7.05 Å². The Bertz CT molecular complexity index is 1060. The quantitative estimate of drug-likeness (QED) is 0.544. The molecule has 1 fully saturated rings. The van der Waals surface area contributed by atoms with E-state index in [1.165, 1.54) is 4.57 Å². The summed E-state index contributed by atoms with van der Waals surface area (Å²) in [5.41, 5.74) is 6.82. The number of nitrogens with zero attached hydrogens (tertiary/aromatic N) is 5. The van der Waals surface area contributed by atoms with Crippen molar-refractivity contribution < 1.29 is 0 Å². The molecule has 0 radical (unpaired) electrons. The minimum Gasteiger partial charge on any atom is -0.399 e. The van der Waals surface area contributed by atoms with Crippen molar-refractivity contribution in [2.24, 2.45) is 7.05 Å². The summed E-state index contributed by atoms with van der Waals surface area (Å²) in [6.45, 7) is 1.46. The Kier molecular flexibility index (Phi) is 3.95. The van der Waals surface area contributed by atoms with E-state index in [1.54, 1.807) is 42.2 Å². The second kappa shape index (κ2) is 6.29. The average Bonchev–Trinajstić information content (AvgIpc) is 2.68. The van der Waals surface area contributed by atoms with E-state index in [9.17, 15) is 9.59 Å². The molecule has 1 aromatic carbocycles. The summed E-state index contributed by atoms with van der Waals surface area (Å²) in [5.74, 6) is 0.694. The lowest BCUT2D eigenvalue weighted by Crippen LogP contribution is -2.45. The van der Waals surface area contributed by atoms with Crippen LogP contribution in [0, 0.1) is 0 Å². The number of hydrogen-bond acceptors (Lipinski definition) is 6. The first-order valence-corrected chi connectivity index (χ1v) is 8.59. The van der Waals surface area contributed by atoms with Gasteiger partial charge in [0.2, 0.25) is 5.95 Å². The van der Waals surface area contributed by atoms with Crippen molar-refractivity contribution in [3.05, 3.63) is 57.4 Å². The van der Waals surface area contributed by atoms with Crippen LogP contribution >= 0.6 is 0 Å². The summed E-state index contributed by atoms with van der Waals surface area (Å²) in [7, 11) is 1.60. The number of piperidine rings is 1. The Labute approximate surface area is 149 Å². The fourth-order valence-electron chi connectivity index (χ4n) is 3.62. The molecule has 0 atom stereocenters. The van der Waals surface area contributed by atoms with Gasteiger partial charge in [0.15, 0.2) is 0 Å². The van der Waals surface area contributed by atoms with Gasteiger partial charge >= 0.3 is 11.1 Å². The van der Waals surface area contributed by atoms with Crippen molar-refractivity contribution in [2.45, 2.75) is 18.9 Å². The highest BCUT2D eigenvalue weighted by molar-refractivity contribution is 5.79. The average molecular weight is 352 g/mol. The van der Waals surface area contributed by atoms with Gasteiger partial charge in [-0.15, -0.1) is 0 Å². The van der Waals surface area contributed by atoms with Crippen LogP contribution in [0.1, 0.15) is 18.9 Å². The van der Waals surface area contributed by atoms with Crippen molar-refractivity contribution in [1.82, 2.24) is 19.1 Å². The van der Waals surface area contributed by atoms with E-state index >= 15 is 0 Å². The third-order valence-corrected chi connectivity index (χ3v) is 4.99. The van der Waals surface area contributed by atoms with E-state index in [4.69, 9.17) is 5.73 Å². The molecule has 0 bridgehead atoms. The Morgan fingerprint density at radius 1 is 1.04 bits per heavy atom. The maximum absolute atomic E-state index is 12.7. The number of anilines is 2. The molecular weight excluding hydrogens is 332 g/mol. The predicted octanol–water partition coefficient (Wildman–Crippen LogP) is 0.914. The highest BCUT2D eigenvalue weighted by Gasteiger charge is 2.25. The van der Waals surface area contributed by atoms with Gasteiger partial charge < -0.3 is 15.2 Å². The summed E-state index contributed by atoms with van der Waals surface area (Å²) in [6.07, 6.45) is 4.92. The topological polar surface area (TPSA) is 99.0 Å². The van der Waals surface area contributed by atoms with Crippen molar-refractivity contribution in [2.75, 3.05) is 23.7 Å². The Morgan fingerprint density at radius 2 is 1.73 bits per heavy atom. The third-order valence-electron chi connectivity index (χ3n) is 4.99. The molecule has 0 saturated carbocycles. The SMILES string of the molecule is Cn1c(=O)c(=O)n(C2CCN(c3ncccn3)CC2)c2ccc(N)cc21. The molecule has 0 spiro atoms. The van der Waals surface area contributed by atoms with E-state index in [-0.39, 0.29) is 6.04 Å². The van der Waals surface area contributed by atoms with Crippen molar-refractivity contribution in [3.63, 3.8) is 0 Å². The standard InChI is InChI=1S/C18H20N6O2/c1-22-15-11-12(19)3-4-14(15)24(17(26)16(22)25)13-5-9-23(10-6-13)18-20-7-2-8-21-18/h2-4,7-8,11,13H,5-6,9-10,19H2,1H3. The van der Waals surface area contributed by atoms with Crippen LogP contribution in [0.2, 0.25) is 0 Å². The molecule has 2 N–H and O–H groups in total. The number of hydrogen-bond donors (Lipinski definition) is 1. The summed E-state index contributed by atoms with van der Waals surface area (Å²) in [6, 6.07) is 7.06. The monoisotopic (exact) mass is 352 g/mol. The van der Waals surface area contributed by atoms with Crippen molar-refractivity contribution >= 4 is 22.7 Å². The molecular formula is C18H20N6O2. The number of nitrogens with two attached hydrogens (primary N) is 1. The van der Waals surface area contributed by atoms with Crippen LogP contribution in [0.5, 0.6) is 0 Å². The van der Waals surface area contributed by atoms with Gasteiger partial charge in [-0.25, -0.2) is 9.97 Å². The number of benzene rings is 1. The van der Waals surface area contributed by atoms with Gasteiger partial charge in [-0.05, 0) is 37.1 Å². The van der Waals surface area contributed by atoms with Crippen LogP contribution in [-0.4, -0.2) is 32.2 Å². The molecule has 3 heterocycles. The van der Waals surface area contributed by atoms with E-state index in [1.807, 2.05) is 6.07 Å². The third kappa shape index (κ3) is 2.63. The van der Waals surface area contributed by atoms with Crippen LogP contribution in [0.4, 0.5) is 11.6 Å². The van der Waals surface area contributed by atoms with Gasteiger partial charge in [-0.1, -0.05) is 0 Å². The number of rotatable bonds is 2. The first-order valence-electron chi connectivity index (χ1n) is 8.59. The van der Waals surface area contributed by atoms with Crippen LogP contribution < -0.4 is 21.8 Å². The van der Waals surface area contributed by atoms with Gasteiger partial charge in [0.25, 0.3) is 0 Å². The van der Waals surface area contributed by atoms with E-state index in [2.05, 4.69) is 14.9 Å². The first kappa shape index (κ1) is 16.3. The summed E-state index contributed by atoms with van der Waals surface area (Å²) in [4.78, 5) is 35.8. The number of aryl methyl sites for hydroxylation is 1. The second-order valence-electron chi connectivity index (χ2n) is 6.55. The Balaban J connectivity index is 1.72. The zero-order valence-corrected chi connectivity index (χ0v) is 14.5. The molecule has 0 amide bonds.